The molecule has 0 saturated carbocycles. The lowest BCUT2D eigenvalue weighted by molar-refractivity contribution is 0.0501. The monoisotopic (exact) mass is 276 g/mol. The first-order chi connectivity index (χ1) is 9.76. The van der Waals surface area contributed by atoms with E-state index in [2.05, 4.69) is 16.7 Å². The Hall–Kier alpha value is -0.930. The molecule has 3 heteroatoms. The summed E-state index contributed by atoms with van der Waals surface area (Å²) in [6.07, 6.45) is 4.89. The third-order valence-electron chi connectivity index (χ3n) is 4.95. The van der Waals surface area contributed by atoms with E-state index < -0.39 is 0 Å². The minimum Gasteiger partial charge on any atom is -0.298 e. The Morgan fingerprint density at radius 1 is 1.30 bits per heavy atom. The van der Waals surface area contributed by atoms with Crippen LogP contribution in [0.25, 0.3) is 0 Å². The molecule has 0 aromatic heterocycles. The summed E-state index contributed by atoms with van der Waals surface area (Å²) in [4.78, 5) is 5.31. The highest BCUT2D eigenvalue weighted by Gasteiger charge is 2.34. The second-order valence-corrected chi connectivity index (χ2v) is 6.23. The molecule has 3 rings (SSSR count). The van der Waals surface area contributed by atoms with Crippen LogP contribution in [0.3, 0.4) is 0 Å². The zero-order valence-corrected chi connectivity index (χ0v) is 12.4. The highest BCUT2D eigenvalue weighted by Crippen LogP contribution is 2.26. The van der Waals surface area contributed by atoms with Crippen molar-refractivity contribution in [3.8, 4) is 0 Å². The third kappa shape index (κ3) is 3.04. The second kappa shape index (κ2) is 6.23. The number of hydrogen-bond donors (Lipinski definition) is 0. The van der Waals surface area contributed by atoms with Crippen LogP contribution in [0.1, 0.15) is 31.7 Å². The number of piperazine rings is 1. The molecule has 0 aliphatic carbocycles. The predicted octanol–water partition coefficient (Wildman–Crippen LogP) is 2.93. The summed E-state index contributed by atoms with van der Waals surface area (Å²) in [5.41, 5.74) is 1.12. The Balaban J connectivity index is 1.60. The first-order valence-corrected chi connectivity index (χ1v) is 7.99. The van der Waals surface area contributed by atoms with Gasteiger partial charge >= 0.3 is 0 Å². The molecule has 0 bridgehead atoms. The predicted molar refractivity (Wildman–Crippen MR) is 80.4 cm³/mol. The number of fused-ring (bicyclic) bond motifs is 1. The summed E-state index contributed by atoms with van der Waals surface area (Å²) in [5.74, 6) is -0.116. The fraction of sp³-hybridized carbons (Fsp3) is 0.647. The van der Waals surface area contributed by atoms with Gasteiger partial charge in [-0.1, -0.05) is 19.1 Å². The smallest absolute Gasteiger partial charge is 0.123 e. The molecule has 2 fully saturated rings. The van der Waals surface area contributed by atoms with Crippen LogP contribution in [0.5, 0.6) is 0 Å². The Kier molecular flexibility index (Phi) is 4.37. The standard InChI is InChI=1S/C17H25FN2/c1-2-16-12-19-9-4-7-17(19)13-20(16)10-8-14-5-3-6-15(18)11-14/h3,5-6,11,16-17H,2,4,7-10,12-13H2,1H3. The molecule has 2 unspecified atom stereocenters. The lowest BCUT2D eigenvalue weighted by Gasteiger charge is -2.43. The molecule has 20 heavy (non-hydrogen) atoms. The van der Waals surface area contributed by atoms with Gasteiger partial charge in [-0.3, -0.25) is 9.80 Å². The number of halogens is 1. The molecule has 0 radical (unpaired) electrons. The van der Waals surface area contributed by atoms with Crippen molar-refractivity contribution in [2.45, 2.75) is 44.7 Å². The van der Waals surface area contributed by atoms with Gasteiger partial charge in [0.25, 0.3) is 0 Å². The van der Waals surface area contributed by atoms with Crippen LogP contribution in [0.2, 0.25) is 0 Å². The van der Waals surface area contributed by atoms with Crippen LogP contribution in [0.4, 0.5) is 4.39 Å². The van der Waals surface area contributed by atoms with Crippen molar-refractivity contribution < 1.29 is 4.39 Å². The van der Waals surface area contributed by atoms with Crippen molar-refractivity contribution in [3.63, 3.8) is 0 Å². The molecule has 0 amide bonds. The van der Waals surface area contributed by atoms with Crippen LogP contribution in [-0.2, 0) is 6.42 Å². The van der Waals surface area contributed by atoms with E-state index in [1.807, 2.05) is 12.1 Å². The molecule has 0 spiro atoms. The Morgan fingerprint density at radius 3 is 3.00 bits per heavy atom. The molecule has 2 heterocycles. The van der Waals surface area contributed by atoms with Crippen LogP contribution in [-0.4, -0.2) is 48.1 Å². The molecule has 1 aromatic rings. The summed E-state index contributed by atoms with van der Waals surface area (Å²) in [7, 11) is 0. The maximum Gasteiger partial charge on any atom is 0.123 e. The topological polar surface area (TPSA) is 6.48 Å². The van der Waals surface area contributed by atoms with E-state index in [9.17, 15) is 4.39 Å². The van der Waals surface area contributed by atoms with Gasteiger partial charge in [0.05, 0.1) is 0 Å². The van der Waals surface area contributed by atoms with Crippen molar-refractivity contribution in [2.24, 2.45) is 0 Å². The normalized spacial score (nSPS) is 27.7. The van der Waals surface area contributed by atoms with Crippen molar-refractivity contribution in [1.82, 2.24) is 9.80 Å². The minimum atomic E-state index is -0.116. The first kappa shape index (κ1) is 14.0. The summed E-state index contributed by atoms with van der Waals surface area (Å²) < 4.78 is 13.2. The molecular weight excluding hydrogens is 251 g/mol. The van der Waals surface area contributed by atoms with Crippen LogP contribution >= 0.6 is 0 Å². The highest BCUT2D eigenvalue weighted by atomic mass is 19.1. The quantitative estimate of drug-likeness (QED) is 0.834. The fourth-order valence-electron chi connectivity index (χ4n) is 3.77. The summed E-state index contributed by atoms with van der Waals surface area (Å²) in [6, 6.07) is 8.50. The molecule has 1 aromatic carbocycles. The Bertz CT molecular complexity index is 448. The SMILES string of the molecule is CCC1CN2CCCC2CN1CCc1cccc(F)c1. The van der Waals surface area contributed by atoms with Gasteiger partial charge in [-0.25, -0.2) is 4.39 Å². The Labute approximate surface area is 121 Å². The van der Waals surface area contributed by atoms with Gasteiger partial charge in [0.1, 0.15) is 5.82 Å². The van der Waals surface area contributed by atoms with Crippen molar-refractivity contribution in [1.29, 1.82) is 0 Å². The number of hydrogen-bond acceptors (Lipinski definition) is 2. The minimum absolute atomic E-state index is 0.116. The van der Waals surface area contributed by atoms with Crippen molar-refractivity contribution in [3.05, 3.63) is 35.6 Å². The maximum absolute atomic E-state index is 13.2. The van der Waals surface area contributed by atoms with Gasteiger partial charge in [-0.05, 0) is 49.9 Å². The lowest BCUT2D eigenvalue weighted by Crippen LogP contribution is -2.56. The molecule has 2 nitrogen and oxygen atoms in total. The molecule has 2 atom stereocenters. The molecule has 2 saturated heterocycles. The third-order valence-corrected chi connectivity index (χ3v) is 4.95. The maximum atomic E-state index is 13.2. The fourth-order valence-corrected chi connectivity index (χ4v) is 3.77. The lowest BCUT2D eigenvalue weighted by atomic mass is 10.0. The summed E-state index contributed by atoms with van der Waals surface area (Å²) in [5, 5.41) is 0. The number of rotatable bonds is 4. The number of nitrogens with zero attached hydrogens (tertiary/aromatic N) is 2. The summed E-state index contributed by atoms with van der Waals surface area (Å²) in [6.45, 7) is 7.07. The zero-order chi connectivity index (χ0) is 13.9. The van der Waals surface area contributed by atoms with Gasteiger partial charge in [0.15, 0.2) is 0 Å². The first-order valence-electron chi connectivity index (χ1n) is 7.99. The van der Waals surface area contributed by atoms with Crippen LogP contribution in [0, 0.1) is 5.82 Å². The second-order valence-electron chi connectivity index (χ2n) is 6.23. The molecule has 0 N–H and O–H groups in total. The average Bonchev–Trinajstić information content (AvgIpc) is 2.91. The molecule has 2 aliphatic heterocycles. The van der Waals surface area contributed by atoms with E-state index in [0.717, 1.165) is 24.6 Å². The van der Waals surface area contributed by atoms with E-state index in [4.69, 9.17) is 0 Å². The van der Waals surface area contributed by atoms with Crippen molar-refractivity contribution in [2.75, 3.05) is 26.2 Å². The molecule has 2 aliphatic rings. The highest BCUT2D eigenvalue weighted by molar-refractivity contribution is 5.16. The van der Waals surface area contributed by atoms with Gasteiger partial charge < -0.3 is 0 Å². The van der Waals surface area contributed by atoms with E-state index >= 15 is 0 Å². The van der Waals surface area contributed by atoms with Gasteiger partial charge in [-0.15, -0.1) is 0 Å². The van der Waals surface area contributed by atoms with E-state index in [1.165, 1.54) is 45.0 Å². The van der Waals surface area contributed by atoms with Gasteiger partial charge in [0, 0.05) is 31.7 Å². The van der Waals surface area contributed by atoms with E-state index in [-0.39, 0.29) is 5.82 Å². The zero-order valence-electron chi connectivity index (χ0n) is 12.4. The van der Waals surface area contributed by atoms with Crippen LogP contribution in [0.15, 0.2) is 24.3 Å². The van der Waals surface area contributed by atoms with E-state index in [0.29, 0.717) is 6.04 Å². The summed E-state index contributed by atoms with van der Waals surface area (Å²) >= 11 is 0. The van der Waals surface area contributed by atoms with E-state index in [1.54, 1.807) is 6.07 Å². The Morgan fingerprint density at radius 2 is 2.20 bits per heavy atom. The van der Waals surface area contributed by atoms with Gasteiger partial charge in [-0.2, -0.15) is 0 Å². The van der Waals surface area contributed by atoms with Crippen LogP contribution < -0.4 is 0 Å². The largest absolute Gasteiger partial charge is 0.298 e. The average molecular weight is 276 g/mol. The van der Waals surface area contributed by atoms with Gasteiger partial charge in [0.2, 0.25) is 0 Å². The molecular formula is C17H25FN2. The molecule has 110 valence electrons. The number of benzene rings is 1. The van der Waals surface area contributed by atoms with Crippen molar-refractivity contribution >= 4 is 0 Å².